The lowest BCUT2D eigenvalue weighted by atomic mass is 9.70. The number of rotatable bonds is 3. The van der Waals surface area contributed by atoms with Gasteiger partial charge in [-0.1, -0.05) is 6.42 Å². The first kappa shape index (κ1) is 11.4. The largest absolute Gasteiger partial charge is 0.480 e. The van der Waals surface area contributed by atoms with Crippen LogP contribution >= 0.6 is 0 Å². The first-order valence-electron chi connectivity index (χ1n) is 4.53. The quantitative estimate of drug-likeness (QED) is 0.400. The van der Waals surface area contributed by atoms with E-state index in [2.05, 4.69) is 0 Å². The van der Waals surface area contributed by atoms with Crippen LogP contribution in [-0.4, -0.2) is 33.1 Å². The van der Waals surface area contributed by atoms with Gasteiger partial charge in [0.25, 0.3) is 0 Å². The zero-order valence-corrected chi connectivity index (χ0v) is 7.88. The Morgan fingerprint density at radius 3 is 2.13 bits per heavy atom. The van der Waals surface area contributed by atoms with Crippen LogP contribution < -0.4 is 0 Å². The number of carbonyl (C=O) groups is 2. The van der Waals surface area contributed by atoms with Crippen molar-refractivity contribution in [3.05, 3.63) is 10.1 Å². The van der Waals surface area contributed by atoms with Crippen LogP contribution in [0.15, 0.2) is 0 Å². The normalized spacial score (nSPS) is 24.4. The molecule has 0 radical (unpaired) electrons. The van der Waals surface area contributed by atoms with Crippen molar-refractivity contribution in [3.63, 3.8) is 0 Å². The highest BCUT2D eigenvalue weighted by atomic mass is 16.6. The molecule has 0 saturated heterocycles. The predicted octanol–water partition coefficient (Wildman–Crippen LogP) is 0.361. The van der Waals surface area contributed by atoms with Crippen molar-refractivity contribution in [2.75, 3.05) is 0 Å². The van der Waals surface area contributed by atoms with Gasteiger partial charge in [0, 0.05) is 11.3 Å². The van der Waals surface area contributed by atoms with E-state index in [0.29, 0.717) is 12.8 Å². The van der Waals surface area contributed by atoms with Crippen LogP contribution in [0.4, 0.5) is 0 Å². The Kier molecular flexibility index (Phi) is 2.92. The maximum absolute atomic E-state index is 10.9. The summed E-state index contributed by atoms with van der Waals surface area (Å²) < 4.78 is 0. The summed E-state index contributed by atoms with van der Waals surface area (Å²) in [6.07, 6.45) is 0.714. The highest BCUT2D eigenvalue weighted by Gasteiger charge is 2.60. The molecule has 0 spiro atoms. The van der Waals surface area contributed by atoms with Gasteiger partial charge in [-0.25, -0.2) is 0 Å². The predicted molar refractivity (Wildman–Crippen MR) is 47.0 cm³/mol. The van der Waals surface area contributed by atoms with Crippen molar-refractivity contribution in [2.45, 2.75) is 31.7 Å². The molecule has 1 aliphatic carbocycles. The van der Waals surface area contributed by atoms with Crippen LogP contribution in [0.5, 0.6) is 0 Å². The molecule has 0 aromatic carbocycles. The fraction of sp³-hybridized carbons (Fsp3) is 0.750. The fourth-order valence-electron chi connectivity index (χ4n) is 2.03. The molecule has 2 N–H and O–H groups in total. The maximum Gasteiger partial charge on any atom is 0.328 e. The van der Waals surface area contributed by atoms with E-state index in [1.54, 1.807) is 0 Å². The second-order valence-electron chi connectivity index (χ2n) is 3.63. The van der Waals surface area contributed by atoms with Crippen LogP contribution in [0.1, 0.15) is 25.7 Å². The number of nitrogens with zero attached hydrogens (tertiary/aromatic N) is 1. The minimum absolute atomic E-state index is 0.00556. The van der Waals surface area contributed by atoms with Crippen LogP contribution in [0.25, 0.3) is 0 Å². The summed E-state index contributed by atoms with van der Waals surface area (Å²) in [7, 11) is 0. The average molecular weight is 217 g/mol. The molecule has 0 aliphatic heterocycles. The molecule has 0 bridgehead atoms. The molecule has 15 heavy (non-hydrogen) atoms. The Bertz CT molecular complexity index is 298. The Labute approximate surface area is 84.9 Å². The molecular formula is C8H11NO6. The highest BCUT2D eigenvalue weighted by Crippen LogP contribution is 2.38. The molecule has 7 nitrogen and oxygen atoms in total. The topological polar surface area (TPSA) is 118 Å². The smallest absolute Gasteiger partial charge is 0.328 e. The van der Waals surface area contributed by atoms with Gasteiger partial charge in [0.2, 0.25) is 11.5 Å². The standard InChI is InChI=1S/C8H11NO6/c10-6(11)8(7(12)13)4-2-1-3-5(8)9(14)15/h5H,1-4H2,(H,10,11)(H,12,13). The van der Waals surface area contributed by atoms with Crippen molar-refractivity contribution in [3.8, 4) is 0 Å². The van der Waals surface area contributed by atoms with Gasteiger partial charge < -0.3 is 10.2 Å². The van der Waals surface area contributed by atoms with E-state index in [9.17, 15) is 19.7 Å². The van der Waals surface area contributed by atoms with E-state index in [1.807, 2.05) is 0 Å². The molecule has 1 aliphatic rings. The van der Waals surface area contributed by atoms with Gasteiger partial charge in [-0.3, -0.25) is 19.7 Å². The van der Waals surface area contributed by atoms with Crippen molar-refractivity contribution in [1.82, 2.24) is 0 Å². The van der Waals surface area contributed by atoms with E-state index in [-0.39, 0.29) is 12.8 Å². The number of carboxylic acids is 2. The third kappa shape index (κ3) is 1.64. The van der Waals surface area contributed by atoms with Gasteiger partial charge in [-0.05, 0) is 12.8 Å². The molecule has 1 saturated carbocycles. The summed E-state index contributed by atoms with van der Waals surface area (Å²) in [5, 5.41) is 28.4. The molecular weight excluding hydrogens is 206 g/mol. The number of aliphatic carboxylic acids is 2. The Balaban J connectivity index is 3.16. The van der Waals surface area contributed by atoms with Crippen molar-refractivity contribution < 1.29 is 24.7 Å². The zero-order valence-electron chi connectivity index (χ0n) is 7.88. The van der Waals surface area contributed by atoms with Crippen LogP contribution in [0, 0.1) is 15.5 Å². The summed E-state index contributed by atoms with van der Waals surface area (Å²) in [4.78, 5) is 31.8. The third-order valence-electron chi connectivity index (χ3n) is 2.89. The fourth-order valence-corrected chi connectivity index (χ4v) is 2.03. The van der Waals surface area contributed by atoms with Crippen molar-refractivity contribution in [1.29, 1.82) is 0 Å². The summed E-state index contributed by atoms with van der Waals surface area (Å²) in [6, 6.07) is -1.53. The summed E-state index contributed by atoms with van der Waals surface area (Å²) in [5.41, 5.74) is -2.25. The number of hydrogen-bond donors (Lipinski definition) is 2. The Morgan fingerprint density at radius 1 is 1.27 bits per heavy atom. The van der Waals surface area contributed by atoms with Crippen molar-refractivity contribution in [2.24, 2.45) is 5.41 Å². The van der Waals surface area contributed by atoms with E-state index in [1.165, 1.54) is 0 Å². The van der Waals surface area contributed by atoms with Crippen molar-refractivity contribution >= 4 is 11.9 Å². The van der Waals surface area contributed by atoms with Gasteiger partial charge in [0.1, 0.15) is 0 Å². The molecule has 0 aromatic heterocycles. The summed E-state index contributed by atoms with van der Waals surface area (Å²) in [5.74, 6) is -3.23. The SMILES string of the molecule is O=C(O)C1(C(=O)O)CCCCC1[N+](=O)[O-]. The Morgan fingerprint density at radius 2 is 1.80 bits per heavy atom. The van der Waals surface area contributed by atoms with E-state index >= 15 is 0 Å². The minimum Gasteiger partial charge on any atom is -0.480 e. The molecule has 84 valence electrons. The second kappa shape index (κ2) is 3.84. The first-order chi connectivity index (χ1) is 6.93. The van der Waals surface area contributed by atoms with Gasteiger partial charge in [0.15, 0.2) is 0 Å². The average Bonchev–Trinajstić information content (AvgIpc) is 2.16. The summed E-state index contributed by atoms with van der Waals surface area (Å²) >= 11 is 0. The van der Waals surface area contributed by atoms with Gasteiger partial charge in [-0.15, -0.1) is 0 Å². The maximum atomic E-state index is 10.9. The van der Waals surface area contributed by atoms with Crippen LogP contribution in [0.3, 0.4) is 0 Å². The molecule has 0 heterocycles. The number of hydrogen-bond acceptors (Lipinski definition) is 4. The molecule has 1 fully saturated rings. The molecule has 0 aromatic rings. The minimum atomic E-state index is -2.25. The van der Waals surface area contributed by atoms with Gasteiger partial charge in [-0.2, -0.15) is 0 Å². The molecule has 1 unspecified atom stereocenters. The molecule has 1 rings (SSSR count). The Hall–Kier alpha value is -1.66. The van der Waals surface area contributed by atoms with Crippen LogP contribution in [-0.2, 0) is 9.59 Å². The van der Waals surface area contributed by atoms with Gasteiger partial charge in [0.05, 0.1) is 0 Å². The van der Waals surface area contributed by atoms with E-state index < -0.39 is 28.3 Å². The van der Waals surface area contributed by atoms with Gasteiger partial charge >= 0.3 is 11.9 Å². The highest BCUT2D eigenvalue weighted by molar-refractivity contribution is 5.99. The first-order valence-corrected chi connectivity index (χ1v) is 4.53. The summed E-state index contributed by atoms with van der Waals surface area (Å²) in [6.45, 7) is 0. The molecule has 7 heteroatoms. The van der Waals surface area contributed by atoms with Crippen LogP contribution in [0.2, 0.25) is 0 Å². The zero-order chi connectivity index (χ0) is 11.6. The van der Waals surface area contributed by atoms with E-state index in [0.717, 1.165) is 0 Å². The lowest BCUT2D eigenvalue weighted by Crippen LogP contribution is -2.54. The third-order valence-corrected chi connectivity index (χ3v) is 2.89. The lowest BCUT2D eigenvalue weighted by molar-refractivity contribution is -0.539. The lowest BCUT2D eigenvalue weighted by Gasteiger charge is -2.31. The number of carboxylic acid groups (broad SMARTS) is 2. The number of nitro groups is 1. The molecule has 1 atom stereocenters. The van der Waals surface area contributed by atoms with E-state index in [4.69, 9.17) is 10.2 Å². The monoisotopic (exact) mass is 217 g/mol. The molecule has 0 amide bonds. The second-order valence-corrected chi connectivity index (χ2v) is 3.63.